The van der Waals surface area contributed by atoms with Crippen molar-refractivity contribution in [2.45, 2.75) is 31.5 Å². The lowest BCUT2D eigenvalue weighted by atomic mass is 10.2. The molecular weight excluding hydrogens is 259 g/mol. The predicted octanol–water partition coefficient (Wildman–Crippen LogP) is 0.115. The van der Waals surface area contributed by atoms with Gasteiger partial charge >= 0.3 is 6.18 Å². The smallest absolute Gasteiger partial charge is 0.314 e. The van der Waals surface area contributed by atoms with Gasteiger partial charge in [0.1, 0.15) is 6.54 Å². The van der Waals surface area contributed by atoms with Crippen LogP contribution in [0.4, 0.5) is 13.2 Å². The first-order valence-electron chi connectivity index (χ1n) is 5.33. The third-order valence-electron chi connectivity index (χ3n) is 2.41. The van der Waals surface area contributed by atoms with E-state index in [-0.39, 0.29) is 12.6 Å². The standard InChI is InChI=1S/C8H16F3N3O2S/c9-8(10,11)6-14-17(15,16)13-5-3-7-2-1-4-12-7/h7,12-14H,1-6H2. The monoisotopic (exact) mass is 275 g/mol. The van der Waals surface area contributed by atoms with Gasteiger partial charge in [0.05, 0.1) is 0 Å². The van der Waals surface area contributed by atoms with Gasteiger partial charge in [-0.2, -0.15) is 26.3 Å². The van der Waals surface area contributed by atoms with Gasteiger partial charge < -0.3 is 5.32 Å². The molecule has 1 saturated heterocycles. The number of rotatable bonds is 6. The molecule has 5 nitrogen and oxygen atoms in total. The highest BCUT2D eigenvalue weighted by Crippen LogP contribution is 2.12. The topological polar surface area (TPSA) is 70.2 Å². The van der Waals surface area contributed by atoms with Gasteiger partial charge in [-0.25, -0.2) is 4.72 Å². The molecule has 0 saturated carbocycles. The van der Waals surface area contributed by atoms with Gasteiger partial charge in [-0.15, -0.1) is 0 Å². The normalized spacial score (nSPS) is 21.9. The van der Waals surface area contributed by atoms with E-state index in [0.29, 0.717) is 6.42 Å². The fourth-order valence-electron chi connectivity index (χ4n) is 1.60. The lowest BCUT2D eigenvalue weighted by Gasteiger charge is -2.12. The van der Waals surface area contributed by atoms with Crippen LogP contribution >= 0.6 is 0 Å². The van der Waals surface area contributed by atoms with E-state index in [0.717, 1.165) is 19.4 Å². The number of hydrogen-bond acceptors (Lipinski definition) is 3. The number of halogens is 3. The van der Waals surface area contributed by atoms with Gasteiger partial charge in [-0.05, 0) is 25.8 Å². The number of nitrogens with one attached hydrogen (secondary N) is 3. The molecule has 0 radical (unpaired) electrons. The summed E-state index contributed by atoms with van der Waals surface area (Å²) in [6.45, 7) is -0.515. The van der Waals surface area contributed by atoms with Crippen LogP contribution in [0, 0.1) is 0 Å². The summed E-state index contributed by atoms with van der Waals surface area (Å²) >= 11 is 0. The Morgan fingerprint density at radius 2 is 2.00 bits per heavy atom. The molecular formula is C8H16F3N3O2S. The van der Waals surface area contributed by atoms with Crippen LogP contribution in [-0.4, -0.2) is 40.3 Å². The molecule has 1 aliphatic heterocycles. The summed E-state index contributed by atoms with van der Waals surface area (Å²) < 4.78 is 61.1. The molecule has 1 fully saturated rings. The molecule has 1 rings (SSSR count). The van der Waals surface area contributed by atoms with E-state index in [1.165, 1.54) is 4.72 Å². The number of hydrogen-bond donors (Lipinski definition) is 3. The van der Waals surface area contributed by atoms with E-state index < -0.39 is 22.9 Å². The van der Waals surface area contributed by atoms with Crippen LogP contribution in [0.2, 0.25) is 0 Å². The highest BCUT2D eigenvalue weighted by atomic mass is 32.2. The minimum atomic E-state index is -4.54. The van der Waals surface area contributed by atoms with Crippen LogP contribution in [0.25, 0.3) is 0 Å². The molecule has 9 heteroatoms. The van der Waals surface area contributed by atoms with Crippen LogP contribution in [0.15, 0.2) is 0 Å². The summed E-state index contributed by atoms with van der Waals surface area (Å²) in [6.07, 6.45) is -1.95. The van der Waals surface area contributed by atoms with Crippen molar-refractivity contribution in [2.24, 2.45) is 0 Å². The van der Waals surface area contributed by atoms with Gasteiger partial charge in [0.15, 0.2) is 0 Å². The van der Waals surface area contributed by atoms with Gasteiger partial charge in [-0.1, -0.05) is 0 Å². The third-order valence-corrected chi connectivity index (χ3v) is 3.52. The summed E-state index contributed by atoms with van der Waals surface area (Å²) in [5.41, 5.74) is 0. The maximum Gasteiger partial charge on any atom is 0.402 e. The first-order chi connectivity index (χ1) is 7.79. The van der Waals surface area contributed by atoms with E-state index in [4.69, 9.17) is 0 Å². The summed E-state index contributed by atoms with van der Waals surface area (Å²) in [5, 5.41) is 3.16. The Bertz CT molecular complexity index is 325. The third kappa shape index (κ3) is 6.81. The molecule has 0 aromatic carbocycles. The first-order valence-corrected chi connectivity index (χ1v) is 6.81. The molecule has 0 aromatic rings. The van der Waals surface area contributed by atoms with Crippen molar-refractivity contribution >= 4 is 10.2 Å². The van der Waals surface area contributed by atoms with E-state index in [1.807, 2.05) is 0 Å². The van der Waals surface area contributed by atoms with E-state index >= 15 is 0 Å². The Labute approximate surface area is 98.3 Å². The summed E-state index contributed by atoms with van der Waals surface area (Å²) in [4.78, 5) is 0. The second kappa shape index (κ2) is 5.98. The molecule has 0 bridgehead atoms. The van der Waals surface area contributed by atoms with Crippen LogP contribution in [0.5, 0.6) is 0 Å². The molecule has 1 atom stereocenters. The van der Waals surface area contributed by atoms with Crippen molar-refractivity contribution in [1.29, 1.82) is 0 Å². The Morgan fingerprint density at radius 3 is 2.53 bits per heavy atom. The molecule has 1 aliphatic rings. The molecule has 0 amide bonds. The maximum absolute atomic E-state index is 11.8. The van der Waals surface area contributed by atoms with Crippen LogP contribution in [0.3, 0.4) is 0 Å². The zero-order chi connectivity index (χ0) is 12.9. The molecule has 17 heavy (non-hydrogen) atoms. The lowest BCUT2D eigenvalue weighted by Crippen LogP contribution is -2.42. The van der Waals surface area contributed by atoms with Crippen molar-refractivity contribution in [1.82, 2.24) is 14.8 Å². The predicted molar refractivity (Wildman–Crippen MR) is 56.6 cm³/mol. The Balaban J connectivity index is 2.20. The highest BCUT2D eigenvalue weighted by molar-refractivity contribution is 7.87. The molecule has 0 aliphatic carbocycles. The van der Waals surface area contributed by atoms with E-state index in [9.17, 15) is 21.6 Å². The minimum absolute atomic E-state index is 0.130. The average molecular weight is 275 g/mol. The van der Waals surface area contributed by atoms with Crippen LogP contribution in [-0.2, 0) is 10.2 Å². The fourth-order valence-corrected chi connectivity index (χ4v) is 2.44. The SMILES string of the molecule is O=S(=O)(NCCC1CCCN1)NCC(F)(F)F. The molecule has 0 spiro atoms. The van der Waals surface area contributed by atoms with Crippen LogP contribution < -0.4 is 14.8 Å². The van der Waals surface area contributed by atoms with Gasteiger partial charge in [0.25, 0.3) is 10.2 Å². The fraction of sp³-hybridized carbons (Fsp3) is 1.00. The van der Waals surface area contributed by atoms with Gasteiger partial charge in [0.2, 0.25) is 0 Å². The summed E-state index contributed by atoms with van der Waals surface area (Å²) in [6, 6.07) is 0.250. The van der Waals surface area contributed by atoms with Crippen LogP contribution in [0.1, 0.15) is 19.3 Å². The molecule has 102 valence electrons. The Hall–Kier alpha value is -0.380. The maximum atomic E-state index is 11.8. The van der Waals surface area contributed by atoms with Crippen molar-refractivity contribution < 1.29 is 21.6 Å². The molecule has 3 N–H and O–H groups in total. The molecule has 1 unspecified atom stereocenters. The second-order valence-corrected chi connectivity index (χ2v) is 5.50. The minimum Gasteiger partial charge on any atom is -0.314 e. The average Bonchev–Trinajstić information content (AvgIpc) is 2.67. The van der Waals surface area contributed by atoms with Crippen molar-refractivity contribution in [2.75, 3.05) is 19.6 Å². The zero-order valence-electron chi connectivity index (χ0n) is 9.18. The zero-order valence-corrected chi connectivity index (χ0v) is 10.00. The second-order valence-electron chi connectivity index (χ2n) is 3.92. The molecule has 1 heterocycles. The van der Waals surface area contributed by atoms with Gasteiger partial charge in [0, 0.05) is 12.6 Å². The number of alkyl halides is 3. The quantitative estimate of drug-likeness (QED) is 0.644. The summed E-state index contributed by atoms with van der Waals surface area (Å²) in [5.74, 6) is 0. The van der Waals surface area contributed by atoms with Crippen molar-refractivity contribution in [3.05, 3.63) is 0 Å². The highest BCUT2D eigenvalue weighted by Gasteiger charge is 2.29. The molecule has 0 aromatic heterocycles. The van der Waals surface area contributed by atoms with E-state index in [1.54, 1.807) is 0 Å². The lowest BCUT2D eigenvalue weighted by molar-refractivity contribution is -0.121. The van der Waals surface area contributed by atoms with E-state index in [2.05, 4.69) is 10.0 Å². The van der Waals surface area contributed by atoms with Gasteiger partial charge in [-0.3, -0.25) is 0 Å². The van der Waals surface area contributed by atoms with Crippen molar-refractivity contribution in [3.8, 4) is 0 Å². The Morgan fingerprint density at radius 1 is 1.29 bits per heavy atom. The first kappa shape index (κ1) is 14.7. The Kier molecular flexibility index (Phi) is 5.17. The largest absolute Gasteiger partial charge is 0.402 e. The summed E-state index contributed by atoms with van der Waals surface area (Å²) in [7, 11) is -4.05. The van der Waals surface area contributed by atoms with Crippen molar-refractivity contribution in [3.63, 3.8) is 0 Å².